The summed E-state index contributed by atoms with van der Waals surface area (Å²) in [7, 11) is 1.61. The van der Waals surface area contributed by atoms with Gasteiger partial charge in [-0.05, 0) is 50.6 Å². The fraction of sp³-hybridized carbons (Fsp3) is 0.571. The highest BCUT2D eigenvalue weighted by Gasteiger charge is 2.17. The van der Waals surface area contributed by atoms with E-state index in [1.165, 1.54) is 12.8 Å². The maximum Gasteiger partial charge on any atom is 0.124 e. The lowest BCUT2D eigenvalue weighted by molar-refractivity contribution is 0.145. The van der Waals surface area contributed by atoms with Gasteiger partial charge in [0.1, 0.15) is 5.75 Å². The van der Waals surface area contributed by atoms with E-state index in [1.807, 2.05) is 0 Å². The van der Waals surface area contributed by atoms with Crippen molar-refractivity contribution in [3.63, 3.8) is 0 Å². The summed E-state index contributed by atoms with van der Waals surface area (Å²) in [6, 6.07) is 5.36. The Morgan fingerprint density at radius 2 is 2.11 bits per heavy atom. The Labute approximate surface area is 113 Å². The molecule has 1 unspecified atom stereocenters. The lowest BCUT2D eigenvalue weighted by Crippen LogP contribution is -2.22. The first kappa shape index (κ1) is 13.7. The van der Waals surface area contributed by atoms with Crippen molar-refractivity contribution in [2.75, 3.05) is 26.7 Å². The molecule has 1 aromatic rings. The maximum absolute atomic E-state index is 10.3. The Kier molecular flexibility index (Phi) is 4.87. The second-order valence-corrected chi connectivity index (χ2v) is 5.18. The second kappa shape index (κ2) is 6.41. The van der Waals surface area contributed by atoms with Gasteiger partial charge >= 0.3 is 0 Å². The molecule has 1 aliphatic heterocycles. The molecule has 0 aromatic heterocycles. The largest absolute Gasteiger partial charge is 0.496 e. The predicted octanol–water partition coefficient (Wildman–Crippen LogP) is 2.87. The van der Waals surface area contributed by atoms with Crippen molar-refractivity contribution >= 4 is 11.6 Å². The zero-order valence-corrected chi connectivity index (χ0v) is 11.5. The lowest BCUT2D eigenvalue weighted by Gasteiger charge is -2.19. The van der Waals surface area contributed by atoms with E-state index in [1.54, 1.807) is 25.3 Å². The molecule has 0 bridgehead atoms. The molecule has 0 radical (unpaired) electrons. The molecular weight excluding hydrogens is 250 g/mol. The molecule has 3 nitrogen and oxygen atoms in total. The number of rotatable bonds is 5. The van der Waals surface area contributed by atoms with Crippen molar-refractivity contribution in [3.8, 4) is 5.75 Å². The minimum Gasteiger partial charge on any atom is -0.496 e. The van der Waals surface area contributed by atoms with Gasteiger partial charge in [0, 0.05) is 17.1 Å². The van der Waals surface area contributed by atoms with Crippen molar-refractivity contribution in [1.29, 1.82) is 0 Å². The molecule has 0 spiro atoms. The number of methoxy groups -OCH3 is 1. The normalized spacial score (nSPS) is 17.9. The molecule has 4 heteroatoms. The van der Waals surface area contributed by atoms with Gasteiger partial charge in [0.2, 0.25) is 0 Å². The average Bonchev–Trinajstić information content (AvgIpc) is 2.89. The topological polar surface area (TPSA) is 32.7 Å². The molecule has 0 aliphatic carbocycles. The number of aliphatic hydroxyl groups is 1. The van der Waals surface area contributed by atoms with Crippen LogP contribution in [0.5, 0.6) is 5.75 Å². The van der Waals surface area contributed by atoms with Crippen LogP contribution in [-0.2, 0) is 0 Å². The van der Waals surface area contributed by atoms with E-state index in [-0.39, 0.29) is 0 Å². The Hall–Kier alpha value is -0.770. The SMILES string of the molecule is COc1ccc(Cl)cc1C(O)CCN1CCCC1. The van der Waals surface area contributed by atoms with E-state index in [2.05, 4.69) is 4.90 Å². The number of hydrogen-bond donors (Lipinski definition) is 1. The fourth-order valence-corrected chi connectivity index (χ4v) is 2.61. The smallest absolute Gasteiger partial charge is 0.124 e. The van der Waals surface area contributed by atoms with Gasteiger partial charge < -0.3 is 14.7 Å². The molecule has 1 aromatic carbocycles. The van der Waals surface area contributed by atoms with Crippen molar-refractivity contribution in [2.45, 2.75) is 25.4 Å². The molecule has 18 heavy (non-hydrogen) atoms. The third kappa shape index (κ3) is 3.37. The number of ether oxygens (including phenoxy) is 1. The van der Waals surface area contributed by atoms with Crippen molar-refractivity contribution in [3.05, 3.63) is 28.8 Å². The van der Waals surface area contributed by atoms with E-state index in [0.29, 0.717) is 10.8 Å². The summed E-state index contributed by atoms with van der Waals surface area (Å²) in [5, 5.41) is 10.9. The molecule has 1 aliphatic rings. The van der Waals surface area contributed by atoms with Crippen LogP contribution < -0.4 is 4.74 Å². The summed E-state index contributed by atoms with van der Waals surface area (Å²) in [6.45, 7) is 3.23. The Balaban J connectivity index is 1.98. The first-order chi connectivity index (χ1) is 8.70. The first-order valence-corrected chi connectivity index (χ1v) is 6.82. The van der Waals surface area contributed by atoms with Gasteiger partial charge in [0.25, 0.3) is 0 Å². The number of likely N-dealkylation sites (tertiary alicyclic amines) is 1. The zero-order valence-electron chi connectivity index (χ0n) is 10.7. The van der Waals surface area contributed by atoms with Crippen LogP contribution in [0.2, 0.25) is 5.02 Å². The summed E-state index contributed by atoms with van der Waals surface area (Å²) in [4.78, 5) is 2.39. The Morgan fingerprint density at radius 1 is 1.39 bits per heavy atom. The van der Waals surface area contributed by atoms with Gasteiger partial charge in [-0.1, -0.05) is 11.6 Å². The number of benzene rings is 1. The van der Waals surface area contributed by atoms with Gasteiger partial charge in [-0.2, -0.15) is 0 Å². The lowest BCUT2D eigenvalue weighted by atomic mass is 10.1. The number of nitrogens with zero attached hydrogens (tertiary/aromatic N) is 1. The van der Waals surface area contributed by atoms with Crippen LogP contribution in [-0.4, -0.2) is 36.8 Å². The molecule has 1 saturated heterocycles. The predicted molar refractivity (Wildman–Crippen MR) is 73.3 cm³/mol. The summed E-state index contributed by atoms with van der Waals surface area (Å²) >= 11 is 5.97. The highest BCUT2D eigenvalue weighted by molar-refractivity contribution is 6.30. The highest BCUT2D eigenvalue weighted by Crippen LogP contribution is 2.30. The Morgan fingerprint density at radius 3 is 2.78 bits per heavy atom. The van der Waals surface area contributed by atoms with Gasteiger partial charge in [0.05, 0.1) is 13.2 Å². The van der Waals surface area contributed by atoms with Gasteiger partial charge in [-0.3, -0.25) is 0 Å². The minimum absolute atomic E-state index is 0.515. The summed E-state index contributed by atoms with van der Waals surface area (Å²) in [6.07, 6.45) is 2.75. The molecule has 1 heterocycles. The third-order valence-corrected chi connectivity index (χ3v) is 3.70. The molecule has 1 atom stereocenters. The van der Waals surface area contributed by atoms with Crippen LogP contribution in [0.15, 0.2) is 18.2 Å². The molecule has 1 fully saturated rings. The van der Waals surface area contributed by atoms with Crippen molar-refractivity contribution in [2.24, 2.45) is 0 Å². The summed E-state index contributed by atoms with van der Waals surface area (Å²) in [5.41, 5.74) is 0.782. The Bertz CT molecular complexity index is 391. The van der Waals surface area contributed by atoms with Crippen LogP contribution in [0.3, 0.4) is 0 Å². The summed E-state index contributed by atoms with van der Waals surface area (Å²) < 4.78 is 5.26. The van der Waals surface area contributed by atoms with Gasteiger partial charge in [0.15, 0.2) is 0 Å². The van der Waals surface area contributed by atoms with E-state index in [4.69, 9.17) is 16.3 Å². The quantitative estimate of drug-likeness (QED) is 0.892. The first-order valence-electron chi connectivity index (χ1n) is 6.44. The molecule has 100 valence electrons. The number of aliphatic hydroxyl groups excluding tert-OH is 1. The van der Waals surface area contributed by atoms with Crippen LogP contribution in [0, 0.1) is 0 Å². The van der Waals surface area contributed by atoms with Gasteiger partial charge in [-0.15, -0.1) is 0 Å². The molecule has 1 N–H and O–H groups in total. The molecule has 2 rings (SSSR count). The van der Waals surface area contributed by atoms with Crippen LogP contribution in [0.4, 0.5) is 0 Å². The van der Waals surface area contributed by atoms with Crippen LogP contribution in [0.25, 0.3) is 0 Å². The maximum atomic E-state index is 10.3. The summed E-state index contributed by atoms with van der Waals surface area (Å²) in [5.74, 6) is 0.702. The molecular formula is C14H20ClNO2. The standard InChI is InChI=1S/C14H20ClNO2/c1-18-14-5-4-11(15)10-12(14)13(17)6-9-16-7-2-3-8-16/h4-5,10,13,17H,2-3,6-9H2,1H3. The monoisotopic (exact) mass is 269 g/mol. The van der Waals surface area contributed by atoms with E-state index < -0.39 is 6.10 Å². The van der Waals surface area contributed by atoms with Crippen LogP contribution in [0.1, 0.15) is 30.9 Å². The number of halogens is 1. The molecule has 0 saturated carbocycles. The average molecular weight is 270 g/mol. The van der Waals surface area contributed by atoms with E-state index >= 15 is 0 Å². The fourth-order valence-electron chi connectivity index (χ4n) is 2.43. The minimum atomic E-state index is -0.515. The highest BCUT2D eigenvalue weighted by atomic mass is 35.5. The van der Waals surface area contributed by atoms with E-state index in [9.17, 15) is 5.11 Å². The third-order valence-electron chi connectivity index (χ3n) is 3.47. The van der Waals surface area contributed by atoms with Crippen molar-refractivity contribution in [1.82, 2.24) is 4.90 Å². The second-order valence-electron chi connectivity index (χ2n) is 4.74. The van der Waals surface area contributed by atoms with E-state index in [0.717, 1.165) is 31.6 Å². The number of hydrogen-bond acceptors (Lipinski definition) is 3. The van der Waals surface area contributed by atoms with Crippen molar-refractivity contribution < 1.29 is 9.84 Å². The zero-order chi connectivity index (χ0) is 13.0. The molecule has 0 amide bonds. The van der Waals surface area contributed by atoms with Crippen LogP contribution >= 0.6 is 11.6 Å². The van der Waals surface area contributed by atoms with Gasteiger partial charge in [-0.25, -0.2) is 0 Å².